The van der Waals surface area contributed by atoms with Crippen LogP contribution in [0.1, 0.15) is 22.9 Å². The maximum absolute atomic E-state index is 13.8. The predicted molar refractivity (Wildman–Crippen MR) is 118 cm³/mol. The molecule has 1 aliphatic heterocycles. The van der Waals surface area contributed by atoms with Gasteiger partial charge in [0.05, 0.1) is 17.9 Å². The van der Waals surface area contributed by atoms with Crippen molar-refractivity contribution in [2.75, 3.05) is 6.54 Å². The first-order valence-corrected chi connectivity index (χ1v) is 10.6. The van der Waals surface area contributed by atoms with Crippen molar-refractivity contribution in [3.63, 3.8) is 0 Å². The Balaban J connectivity index is 1.46. The number of aromatic nitrogens is 3. The first-order chi connectivity index (χ1) is 15.5. The second-order valence-electron chi connectivity index (χ2n) is 8.08. The molecule has 0 unspecified atom stereocenters. The number of carbonyl (C=O) groups excluding carboxylic acids is 1. The van der Waals surface area contributed by atoms with Crippen molar-refractivity contribution >= 4 is 5.91 Å². The van der Waals surface area contributed by atoms with Crippen molar-refractivity contribution < 1.29 is 13.6 Å². The number of carbonyl (C=O) groups is 1. The zero-order valence-electron chi connectivity index (χ0n) is 18.0. The molecule has 1 aliphatic rings. The fraction of sp³-hybridized carbons (Fsp3) is 0.240. The van der Waals surface area contributed by atoms with Gasteiger partial charge in [-0.1, -0.05) is 30.3 Å². The number of oxazole rings is 1. The van der Waals surface area contributed by atoms with E-state index in [4.69, 9.17) is 9.40 Å². The van der Waals surface area contributed by atoms with Crippen LogP contribution in [-0.2, 0) is 24.3 Å². The van der Waals surface area contributed by atoms with E-state index >= 15 is 0 Å². The fourth-order valence-corrected chi connectivity index (χ4v) is 4.08. The number of aryl methyl sites for hydroxylation is 2. The zero-order valence-corrected chi connectivity index (χ0v) is 18.0. The quantitative estimate of drug-likeness (QED) is 0.477. The second-order valence-corrected chi connectivity index (χ2v) is 8.08. The SMILES string of the molecule is Cc1nc2c(o1)CN(C(=O)Cn1cc(-c3ccc(F)c(C)c3)nc1-c1ccccc1)CC2. The van der Waals surface area contributed by atoms with Crippen LogP contribution in [0.2, 0.25) is 0 Å². The average Bonchev–Trinajstić information content (AvgIpc) is 3.38. The lowest BCUT2D eigenvalue weighted by molar-refractivity contribution is -0.133. The normalized spacial score (nSPS) is 13.3. The number of amides is 1. The lowest BCUT2D eigenvalue weighted by Crippen LogP contribution is -2.37. The molecule has 162 valence electrons. The number of rotatable bonds is 4. The van der Waals surface area contributed by atoms with Gasteiger partial charge in [-0.2, -0.15) is 0 Å². The highest BCUT2D eigenvalue weighted by Gasteiger charge is 2.26. The van der Waals surface area contributed by atoms with Gasteiger partial charge >= 0.3 is 0 Å². The zero-order chi connectivity index (χ0) is 22.2. The number of hydrogen-bond donors (Lipinski definition) is 0. The average molecular weight is 430 g/mol. The molecule has 6 nitrogen and oxygen atoms in total. The summed E-state index contributed by atoms with van der Waals surface area (Å²) in [6.45, 7) is 4.74. The molecule has 4 aromatic rings. The molecule has 0 radical (unpaired) electrons. The lowest BCUT2D eigenvalue weighted by atomic mass is 10.1. The maximum atomic E-state index is 13.8. The van der Waals surface area contributed by atoms with E-state index in [0.717, 1.165) is 22.6 Å². The van der Waals surface area contributed by atoms with E-state index in [1.165, 1.54) is 6.07 Å². The Bertz CT molecular complexity index is 1290. The van der Waals surface area contributed by atoms with E-state index in [-0.39, 0.29) is 18.3 Å². The third-order valence-corrected chi connectivity index (χ3v) is 5.76. The third kappa shape index (κ3) is 3.82. The van der Waals surface area contributed by atoms with Crippen LogP contribution in [0.15, 0.2) is 59.1 Å². The molecule has 0 atom stereocenters. The van der Waals surface area contributed by atoms with Crippen LogP contribution in [0.4, 0.5) is 4.39 Å². The van der Waals surface area contributed by atoms with E-state index < -0.39 is 0 Å². The largest absolute Gasteiger partial charge is 0.444 e. The van der Waals surface area contributed by atoms with Gasteiger partial charge in [0.2, 0.25) is 5.91 Å². The highest BCUT2D eigenvalue weighted by Crippen LogP contribution is 2.27. The number of fused-ring (bicyclic) bond motifs is 1. The minimum absolute atomic E-state index is 0.0129. The number of nitrogens with zero attached hydrogens (tertiary/aromatic N) is 4. The summed E-state index contributed by atoms with van der Waals surface area (Å²) in [5, 5.41) is 0. The minimum atomic E-state index is -0.251. The molecule has 3 heterocycles. The van der Waals surface area contributed by atoms with Gasteiger partial charge in [0, 0.05) is 37.2 Å². The van der Waals surface area contributed by atoms with Gasteiger partial charge in [0.1, 0.15) is 23.9 Å². The monoisotopic (exact) mass is 430 g/mol. The highest BCUT2D eigenvalue weighted by atomic mass is 19.1. The molecule has 0 saturated heterocycles. The molecule has 32 heavy (non-hydrogen) atoms. The molecular formula is C25H23FN4O2. The molecule has 2 aromatic carbocycles. The molecule has 2 aromatic heterocycles. The molecule has 5 rings (SSSR count). The van der Waals surface area contributed by atoms with Crippen LogP contribution in [0.25, 0.3) is 22.6 Å². The first-order valence-electron chi connectivity index (χ1n) is 10.6. The number of benzene rings is 2. The second kappa shape index (κ2) is 8.07. The van der Waals surface area contributed by atoms with Crippen molar-refractivity contribution in [3.05, 3.63) is 83.5 Å². The Labute approximate surface area is 185 Å². The minimum Gasteiger partial charge on any atom is -0.444 e. The Hall–Kier alpha value is -3.74. The highest BCUT2D eigenvalue weighted by molar-refractivity contribution is 5.77. The van der Waals surface area contributed by atoms with Gasteiger partial charge in [-0.15, -0.1) is 0 Å². The fourth-order valence-electron chi connectivity index (χ4n) is 4.08. The smallest absolute Gasteiger partial charge is 0.242 e. The van der Waals surface area contributed by atoms with E-state index in [1.54, 1.807) is 24.0 Å². The van der Waals surface area contributed by atoms with E-state index in [9.17, 15) is 9.18 Å². The Kier molecular flexibility index (Phi) is 5.09. The summed E-state index contributed by atoms with van der Waals surface area (Å²) in [5.41, 5.74) is 3.92. The number of halogens is 1. The van der Waals surface area contributed by atoms with Crippen molar-refractivity contribution in [2.45, 2.75) is 33.4 Å². The predicted octanol–water partition coefficient (Wildman–Crippen LogP) is 4.55. The van der Waals surface area contributed by atoms with Crippen LogP contribution in [0.5, 0.6) is 0 Å². The molecule has 0 saturated carbocycles. The summed E-state index contributed by atoms with van der Waals surface area (Å²) >= 11 is 0. The molecule has 7 heteroatoms. The number of imidazole rings is 1. The van der Waals surface area contributed by atoms with Crippen LogP contribution >= 0.6 is 0 Å². The van der Waals surface area contributed by atoms with Crippen LogP contribution in [-0.4, -0.2) is 31.9 Å². The van der Waals surface area contributed by atoms with Gasteiger partial charge in [-0.3, -0.25) is 4.79 Å². The molecule has 0 bridgehead atoms. The molecule has 0 N–H and O–H groups in total. The summed E-state index contributed by atoms with van der Waals surface area (Å²) < 4.78 is 21.3. The Morgan fingerprint density at radius 1 is 1.09 bits per heavy atom. The standard InChI is InChI=1S/C25H23FN4O2/c1-16-12-19(8-9-20(16)26)22-13-30(25(28-22)18-6-4-3-5-7-18)15-24(31)29-11-10-21-23(14-29)32-17(2)27-21/h3-9,12-13H,10-11,14-15H2,1-2H3. The van der Waals surface area contributed by atoms with Gasteiger partial charge in [-0.05, 0) is 30.7 Å². The Morgan fingerprint density at radius 2 is 1.91 bits per heavy atom. The van der Waals surface area contributed by atoms with Crippen LogP contribution in [0, 0.1) is 19.7 Å². The summed E-state index contributed by atoms with van der Waals surface area (Å²) in [4.78, 5) is 24.2. The van der Waals surface area contributed by atoms with E-state index in [2.05, 4.69) is 4.98 Å². The van der Waals surface area contributed by atoms with Crippen molar-refractivity contribution in [1.29, 1.82) is 0 Å². The topological polar surface area (TPSA) is 64.2 Å². The molecular weight excluding hydrogens is 407 g/mol. The van der Waals surface area contributed by atoms with Gasteiger partial charge < -0.3 is 13.9 Å². The maximum Gasteiger partial charge on any atom is 0.242 e. The first kappa shape index (κ1) is 20.2. The molecule has 0 fully saturated rings. The lowest BCUT2D eigenvalue weighted by Gasteiger charge is -2.25. The van der Waals surface area contributed by atoms with Gasteiger partial charge in [0.15, 0.2) is 5.89 Å². The van der Waals surface area contributed by atoms with E-state index in [0.29, 0.717) is 42.5 Å². The Morgan fingerprint density at radius 3 is 2.69 bits per heavy atom. The summed E-state index contributed by atoms with van der Waals surface area (Å²) in [5.74, 6) is 1.83. The van der Waals surface area contributed by atoms with Crippen LogP contribution in [0.3, 0.4) is 0 Å². The molecule has 1 amide bonds. The number of hydrogen-bond acceptors (Lipinski definition) is 4. The third-order valence-electron chi connectivity index (χ3n) is 5.76. The summed E-state index contributed by atoms with van der Waals surface area (Å²) in [7, 11) is 0. The van der Waals surface area contributed by atoms with Gasteiger partial charge in [-0.25, -0.2) is 14.4 Å². The van der Waals surface area contributed by atoms with Crippen molar-refractivity contribution in [1.82, 2.24) is 19.4 Å². The summed E-state index contributed by atoms with van der Waals surface area (Å²) in [6.07, 6.45) is 2.55. The van der Waals surface area contributed by atoms with Crippen molar-refractivity contribution in [3.8, 4) is 22.6 Å². The molecule has 0 spiro atoms. The van der Waals surface area contributed by atoms with Crippen molar-refractivity contribution in [2.24, 2.45) is 0 Å². The van der Waals surface area contributed by atoms with Gasteiger partial charge in [0.25, 0.3) is 0 Å². The summed E-state index contributed by atoms with van der Waals surface area (Å²) in [6, 6.07) is 14.7. The van der Waals surface area contributed by atoms with Crippen LogP contribution < -0.4 is 0 Å². The molecule has 0 aliphatic carbocycles. The van der Waals surface area contributed by atoms with E-state index in [1.807, 2.05) is 48.0 Å².